The zero-order valence-electron chi connectivity index (χ0n) is 17.5. The van der Waals surface area contributed by atoms with Crippen LogP contribution in [0.1, 0.15) is 6.92 Å². The van der Waals surface area contributed by atoms with Crippen molar-refractivity contribution < 1.29 is 22.3 Å². The topological polar surface area (TPSA) is 80.2 Å². The molecular weight excluding hydrogens is 433 g/mol. The fourth-order valence-electron chi connectivity index (χ4n) is 3.31. The molecule has 3 aromatic carbocycles. The van der Waals surface area contributed by atoms with Gasteiger partial charge in [-0.1, -0.05) is 12.1 Å². The highest BCUT2D eigenvalue weighted by atomic mass is 32.2. The molecule has 1 aliphatic rings. The predicted octanol–water partition coefficient (Wildman–Crippen LogP) is 4.66. The molecule has 0 saturated heterocycles. The molecule has 32 heavy (non-hydrogen) atoms. The van der Waals surface area contributed by atoms with Crippen LogP contribution in [0.3, 0.4) is 0 Å². The van der Waals surface area contributed by atoms with Crippen LogP contribution in [-0.4, -0.2) is 34.5 Å². The SMILES string of the molecule is COc1cc(NS(=O)(=O)c2ccccc2Oc2ccc(F)cc2)ccc1N1C=NC(C)C1. The second-order valence-electron chi connectivity index (χ2n) is 7.26. The Morgan fingerprint density at radius 1 is 1.06 bits per heavy atom. The molecular formula is C23H22FN3O4S. The number of aliphatic imine (C=N–C) groups is 1. The van der Waals surface area contributed by atoms with Crippen molar-refractivity contribution in [1.29, 1.82) is 0 Å². The number of para-hydroxylation sites is 1. The fourth-order valence-corrected chi connectivity index (χ4v) is 4.49. The number of rotatable bonds is 7. The second-order valence-corrected chi connectivity index (χ2v) is 8.91. The first-order valence-electron chi connectivity index (χ1n) is 9.89. The molecule has 0 spiro atoms. The number of nitrogens with one attached hydrogen (secondary N) is 1. The monoisotopic (exact) mass is 455 g/mol. The Morgan fingerprint density at radius 2 is 1.81 bits per heavy atom. The molecule has 0 bridgehead atoms. The maximum absolute atomic E-state index is 13.2. The number of methoxy groups -OCH3 is 1. The maximum Gasteiger partial charge on any atom is 0.265 e. The summed E-state index contributed by atoms with van der Waals surface area (Å²) >= 11 is 0. The molecule has 1 heterocycles. The summed E-state index contributed by atoms with van der Waals surface area (Å²) in [7, 11) is -2.46. The second kappa shape index (κ2) is 8.88. The quantitative estimate of drug-likeness (QED) is 0.560. The molecule has 1 unspecified atom stereocenters. The van der Waals surface area contributed by atoms with E-state index in [9.17, 15) is 12.8 Å². The smallest absolute Gasteiger partial charge is 0.265 e. The number of benzene rings is 3. The lowest BCUT2D eigenvalue weighted by Gasteiger charge is -2.19. The van der Waals surface area contributed by atoms with Crippen LogP contribution in [0.25, 0.3) is 0 Å². The van der Waals surface area contributed by atoms with Gasteiger partial charge in [0.2, 0.25) is 0 Å². The van der Waals surface area contributed by atoms with E-state index in [1.807, 2.05) is 11.8 Å². The summed E-state index contributed by atoms with van der Waals surface area (Å²) < 4.78 is 53.2. The Hall–Kier alpha value is -3.59. The van der Waals surface area contributed by atoms with Gasteiger partial charge in [-0.05, 0) is 55.5 Å². The van der Waals surface area contributed by atoms with Gasteiger partial charge in [0.15, 0.2) is 0 Å². The molecule has 7 nitrogen and oxygen atoms in total. The minimum atomic E-state index is -3.98. The van der Waals surface area contributed by atoms with Gasteiger partial charge in [0.1, 0.15) is 28.0 Å². The van der Waals surface area contributed by atoms with E-state index in [-0.39, 0.29) is 16.7 Å². The number of ether oxygens (including phenoxy) is 2. The van der Waals surface area contributed by atoms with Crippen LogP contribution in [0.2, 0.25) is 0 Å². The van der Waals surface area contributed by atoms with Crippen molar-refractivity contribution in [2.75, 3.05) is 23.3 Å². The fraction of sp³-hybridized carbons (Fsp3) is 0.174. The summed E-state index contributed by atoms with van der Waals surface area (Å²) in [4.78, 5) is 6.24. The molecule has 0 aromatic heterocycles. The van der Waals surface area contributed by atoms with Crippen molar-refractivity contribution in [2.45, 2.75) is 17.9 Å². The van der Waals surface area contributed by atoms with E-state index in [4.69, 9.17) is 9.47 Å². The Morgan fingerprint density at radius 3 is 2.50 bits per heavy atom. The van der Waals surface area contributed by atoms with E-state index in [0.29, 0.717) is 17.2 Å². The Bertz CT molecular complexity index is 1250. The van der Waals surface area contributed by atoms with Gasteiger partial charge in [0, 0.05) is 12.6 Å². The summed E-state index contributed by atoms with van der Waals surface area (Å²) in [6, 6.07) is 16.8. The molecule has 9 heteroatoms. The molecule has 0 saturated carbocycles. The average molecular weight is 456 g/mol. The lowest BCUT2D eigenvalue weighted by atomic mass is 10.2. The van der Waals surface area contributed by atoms with Crippen molar-refractivity contribution in [3.05, 3.63) is 72.5 Å². The van der Waals surface area contributed by atoms with Crippen molar-refractivity contribution in [1.82, 2.24) is 0 Å². The minimum absolute atomic E-state index is 0.0483. The van der Waals surface area contributed by atoms with Crippen LogP contribution >= 0.6 is 0 Å². The van der Waals surface area contributed by atoms with Gasteiger partial charge < -0.3 is 14.4 Å². The van der Waals surface area contributed by atoms with Crippen molar-refractivity contribution >= 4 is 27.7 Å². The molecule has 0 aliphatic carbocycles. The number of hydrogen-bond acceptors (Lipinski definition) is 6. The first-order chi connectivity index (χ1) is 15.4. The van der Waals surface area contributed by atoms with Gasteiger partial charge in [0.05, 0.1) is 30.9 Å². The van der Waals surface area contributed by atoms with E-state index in [1.54, 1.807) is 36.7 Å². The Balaban J connectivity index is 1.60. The van der Waals surface area contributed by atoms with Crippen LogP contribution in [0.15, 0.2) is 76.6 Å². The van der Waals surface area contributed by atoms with Gasteiger partial charge in [0.25, 0.3) is 10.0 Å². The lowest BCUT2D eigenvalue weighted by molar-refractivity contribution is 0.416. The molecule has 4 rings (SSSR count). The first kappa shape index (κ1) is 21.6. The maximum atomic E-state index is 13.2. The molecule has 0 amide bonds. The van der Waals surface area contributed by atoms with Gasteiger partial charge in [-0.15, -0.1) is 0 Å². The number of anilines is 2. The van der Waals surface area contributed by atoms with Crippen molar-refractivity contribution in [3.63, 3.8) is 0 Å². The third-order valence-corrected chi connectivity index (χ3v) is 6.26. The zero-order valence-corrected chi connectivity index (χ0v) is 18.3. The predicted molar refractivity (Wildman–Crippen MR) is 122 cm³/mol. The molecule has 0 radical (unpaired) electrons. The third-order valence-electron chi connectivity index (χ3n) is 4.84. The molecule has 1 N–H and O–H groups in total. The van der Waals surface area contributed by atoms with Crippen LogP contribution < -0.4 is 19.1 Å². The van der Waals surface area contributed by atoms with Crippen LogP contribution in [0.5, 0.6) is 17.2 Å². The third kappa shape index (κ3) is 4.67. The van der Waals surface area contributed by atoms with Crippen molar-refractivity contribution in [3.8, 4) is 17.2 Å². The standard InChI is InChI=1S/C23H22FN3O4S/c1-16-14-27(15-25-16)20-12-9-18(13-22(20)30-2)26-32(28,29)23-6-4-3-5-21(23)31-19-10-7-17(24)8-11-19/h3-13,15-16,26H,14H2,1-2H3. The summed E-state index contributed by atoms with van der Waals surface area (Å²) in [6.07, 6.45) is 1.75. The number of sulfonamides is 1. The number of hydrogen-bond donors (Lipinski definition) is 1. The molecule has 166 valence electrons. The molecule has 1 aliphatic heterocycles. The lowest BCUT2D eigenvalue weighted by Crippen LogP contribution is -2.22. The minimum Gasteiger partial charge on any atom is -0.494 e. The van der Waals surface area contributed by atoms with Gasteiger partial charge >= 0.3 is 0 Å². The van der Waals surface area contributed by atoms with Crippen LogP contribution in [0.4, 0.5) is 15.8 Å². The van der Waals surface area contributed by atoms with E-state index in [0.717, 1.165) is 12.2 Å². The average Bonchev–Trinajstić information content (AvgIpc) is 3.21. The summed E-state index contributed by atoms with van der Waals surface area (Å²) in [6.45, 7) is 2.73. The normalized spacial score (nSPS) is 15.6. The van der Waals surface area contributed by atoms with Crippen LogP contribution in [0, 0.1) is 5.82 Å². The van der Waals surface area contributed by atoms with E-state index in [1.165, 1.54) is 43.5 Å². The van der Waals surface area contributed by atoms with E-state index < -0.39 is 15.8 Å². The van der Waals surface area contributed by atoms with Crippen molar-refractivity contribution in [2.24, 2.45) is 4.99 Å². The Labute approximate surface area is 186 Å². The first-order valence-corrected chi connectivity index (χ1v) is 11.4. The highest BCUT2D eigenvalue weighted by Gasteiger charge is 2.22. The number of halogens is 1. The van der Waals surface area contributed by atoms with Crippen LogP contribution in [-0.2, 0) is 10.0 Å². The zero-order chi connectivity index (χ0) is 22.7. The number of nitrogens with zero attached hydrogens (tertiary/aromatic N) is 2. The highest BCUT2D eigenvalue weighted by Crippen LogP contribution is 2.34. The molecule has 0 fully saturated rings. The van der Waals surface area contributed by atoms with Gasteiger partial charge in [-0.2, -0.15) is 0 Å². The largest absolute Gasteiger partial charge is 0.494 e. The highest BCUT2D eigenvalue weighted by molar-refractivity contribution is 7.92. The summed E-state index contributed by atoms with van der Waals surface area (Å²) in [5.74, 6) is 0.549. The van der Waals surface area contributed by atoms with E-state index >= 15 is 0 Å². The van der Waals surface area contributed by atoms with Gasteiger partial charge in [-0.25, -0.2) is 12.8 Å². The summed E-state index contributed by atoms with van der Waals surface area (Å²) in [5, 5.41) is 0. The molecule has 3 aromatic rings. The van der Waals surface area contributed by atoms with Gasteiger partial charge in [-0.3, -0.25) is 9.71 Å². The molecule has 1 atom stereocenters. The Kier molecular flexibility index (Phi) is 6.00. The van der Waals surface area contributed by atoms with E-state index in [2.05, 4.69) is 9.71 Å². The summed E-state index contributed by atoms with van der Waals surface area (Å²) in [5.41, 5.74) is 1.13.